The summed E-state index contributed by atoms with van der Waals surface area (Å²) in [4.78, 5) is 39.7. The van der Waals surface area contributed by atoms with Crippen LogP contribution in [-0.2, 0) is 28.6 Å². The van der Waals surface area contributed by atoms with E-state index in [0.29, 0.717) is 32.1 Å². The zero-order valence-electron chi connectivity index (χ0n) is 29.3. The minimum Gasteiger partial charge on any atom is -0.462 e. The van der Waals surface area contributed by atoms with Crippen LogP contribution in [0.3, 0.4) is 0 Å². The van der Waals surface area contributed by atoms with Crippen LogP contribution in [0.15, 0.2) is 23.8 Å². The lowest BCUT2D eigenvalue weighted by Crippen LogP contribution is -2.68. The predicted octanol–water partition coefficient (Wildman–Crippen LogP) is 4.90. The second-order valence-corrected chi connectivity index (χ2v) is 16.9. The number of fused-ring (bicyclic) bond motifs is 5. The highest BCUT2D eigenvalue weighted by Gasteiger charge is 2.72. The second-order valence-electron chi connectivity index (χ2n) is 16.9. The molecule has 3 N–H and O–H groups in total. The summed E-state index contributed by atoms with van der Waals surface area (Å²) in [6.07, 6.45) is 4.33. The maximum atomic E-state index is 13.6. The first-order chi connectivity index (χ1) is 21.1. The summed E-state index contributed by atoms with van der Waals surface area (Å²) in [6, 6.07) is 0. The van der Waals surface area contributed by atoms with Crippen molar-refractivity contribution >= 4 is 17.7 Å². The molecule has 0 radical (unpaired) electrons. The first kappa shape index (κ1) is 35.2. The molecule has 2 saturated carbocycles. The van der Waals surface area contributed by atoms with Gasteiger partial charge in [0.15, 0.2) is 12.1 Å². The smallest absolute Gasteiger partial charge is 0.308 e. The van der Waals surface area contributed by atoms with Gasteiger partial charge >= 0.3 is 11.9 Å². The minimum absolute atomic E-state index is 0.0344. The molecule has 5 rings (SSSR count). The number of carbonyl (C=O) groups is 3. The molecule has 0 aromatic rings. The van der Waals surface area contributed by atoms with Crippen molar-refractivity contribution in [2.45, 2.75) is 138 Å². The van der Waals surface area contributed by atoms with Gasteiger partial charge in [-0.2, -0.15) is 0 Å². The van der Waals surface area contributed by atoms with Gasteiger partial charge < -0.3 is 29.5 Å². The van der Waals surface area contributed by atoms with Crippen LogP contribution in [0, 0.1) is 51.2 Å². The Labute approximate surface area is 274 Å². The third-order valence-electron chi connectivity index (χ3n) is 13.2. The van der Waals surface area contributed by atoms with Gasteiger partial charge in [-0.15, -0.1) is 0 Å². The molecule has 9 nitrogen and oxygen atoms in total. The van der Waals surface area contributed by atoms with Gasteiger partial charge in [-0.1, -0.05) is 66.2 Å². The predicted molar refractivity (Wildman–Crippen MR) is 171 cm³/mol. The second kappa shape index (κ2) is 11.5. The van der Waals surface area contributed by atoms with E-state index in [4.69, 9.17) is 14.2 Å². The Morgan fingerprint density at radius 1 is 1.13 bits per heavy atom. The summed E-state index contributed by atoms with van der Waals surface area (Å²) in [5.41, 5.74) is -2.88. The summed E-state index contributed by atoms with van der Waals surface area (Å²) < 4.78 is 18.7. The summed E-state index contributed by atoms with van der Waals surface area (Å²) in [6.45, 7) is 18.7. The Morgan fingerprint density at radius 3 is 2.37 bits per heavy atom. The number of allylic oxidation sites excluding steroid dienone is 3. The van der Waals surface area contributed by atoms with Gasteiger partial charge in [0.1, 0.15) is 18.3 Å². The van der Waals surface area contributed by atoms with Crippen molar-refractivity contribution < 1.29 is 43.9 Å². The molecule has 1 heterocycles. The summed E-state index contributed by atoms with van der Waals surface area (Å²) in [5, 5.41) is 32.6. The maximum absolute atomic E-state index is 13.6. The summed E-state index contributed by atoms with van der Waals surface area (Å²) in [5.74, 6) is -1.88. The number of aliphatic hydroxyl groups excluding tert-OH is 2. The van der Waals surface area contributed by atoms with Gasteiger partial charge in [-0.05, 0) is 74.7 Å². The van der Waals surface area contributed by atoms with Gasteiger partial charge in [-0.3, -0.25) is 14.4 Å². The molecule has 3 fully saturated rings. The fraction of sp³-hybridized carbons (Fsp3) is 0.811. The van der Waals surface area contributed by atoms with Crippen LogP contribution in [-0.4, -0.2) is 69.3 Å². The molecule has 13 atom stereocenters. The highest BCUT2D eigenvalue weighted by molar-refractivity contribution is 5.95. The molecule has 4 aliphatic carbocycles. The van der Waals surface area contributed by atoms with Crippen LogP contribution in [0.2, 0.25) is 0 Å². The number of carbonyl (C=O) groups excluding carboxylic acids is 3. The zero-order valence-corrected chi connectivity index (χ0v) is 29.3. The minimum atomic E-state index is -1.41. The van der Waals surface area contributed by atoms with E-state index in [1.54, 1.807) is 6.08 Å². The van der Waals surface area contributed by atoms with E-state index in [1.165, 1.54) is 20.8 Å². The first-order valence-corrected chi connectivity index (χ1v) is 17.2. The van der Waals surface area contributed by atoms with Crippen molar-refractivity contribution in [1.82, 2.24) is 0 Å². The molecule has 5 aliphatic rings. The molecular weight excluding hydrogens is 588 g/mol. The maximum Gasteiger partial charge on any atom is 0.308 e. The Morgan fingerprint density at radius 2 is 1.78 bits per heavy atom. The Hall–Kier alpha value is -2.07. The highest BCUT2D eigenvalue weighted by atomic mass is 16.6. The van der Waals surface area contributed by atoms with E-state index in [-0.39, 0.29) is 41.3 Å². The molecule has 46 heavy (non-hydrogen) atoms. The van der Waals surface area contributed by atoms with Crippen LogP contribution in [0.25, 0.3) is 0 Å². The van der Waals surface area contributed by atoms with Crippen molar-refractivity contribution in [3.05, 3.63) is 23.8 Å². The topological polar surface area (TPSA) is 140 Å². The van der Waals surface area contributed by atoms with Crippen LogP contribution in [0.4, 0.5) is 0 Å². The lowest BCUT2D eigenvalue weighted by Gasteiger charge is -2.67. The molecule has 1 aliphatic heterocycles. The van der Waals surface area contributed by atoms with Crippen LogP contribution in [0.1, 0.15) is 101 Å². The number of esters is 2. The molecule has 0 amide bonds. The molecule has 0 aromatic heterocycles. The van der Waals surface area contributed by atoms with Crippen molar-refractivity contribution in [3.8, 4) is 0 Å². The van der Waals surface area contributed by atoms with Gasteiger partial charge in [0.25, 0.3) is 0 Å². The molecule has 258 valence electrons. The fourth-order valence-corrected chi connectivity index (χ4v) is 10.7. The van der Waals surface area contributed by atoms with E-state index in [1.807, 2.05) is 33.8 Å². The molecular formula is C37H56O9. The number of hydrogen-bond acceptors (Lipinski definition) is 9. The largest absolute Gasteiger partial charge is 0.462 e. The number of ketones is 1. The number of ether oxygens (including phenoxy) is 3. The van der Waals surface area contributed by atoms with Gasteiger partial charge in [-0.25, -0.2) is 0 Å². The SMILES string of the molecule is CC[C@@H](C)C(=O)O[C@@H]1C[C@]2(C)C(=CC[C@H]2[C@@H]2C[C@H]([C@@H](O)C(C)(C)O)O[C@@H]2O)[C@@]2(C)[C@H]1[C@@]1(C)C=CC(=O)C(C)(C)[C@@H]1C[C@H]2OC(C)=O. The van der Waals surface area contributed by atoms with E-state index in [2.05, 4.69) is 26.8 Å². The average molecular weight is 645 g/mol. The monoisotopic (exact) mass is 644 g/mol. The summed E-state index contributed by atoms with van der Waals surface area (Å²) >= 11 is 0. The third kappa shape index (κ3) is 5.23. The molecule has 9 heteroatoms. The van der Waals surface area contributed by atoms with Crippen LogP contribution < -0.4 is 0 Å². The van der Waals surface area contributed by atoms with E-state index < -0.39 is 63.9 Å². The van der Waals surface area contributed by atoms with Crippen molar-refractivity contribution in [2.24, 2.45) is 51.2 Å². The molecule has 0 bridgehead atoms. The number of hydrogen-bond donors (Lipinski definition) is 3. The lowest BCUT2D eigenvalue weighted by atomic mass is 9.37. The fourth-order valence-electron chi connectivity index (χ4n) is 10.7. The van der Waals surface area contributed by atoms with Crippen LogP contribution in [0.5, 0.6) is 0 Å². The quantitative estimate of drug-likeness (QED) is 0.261. The van der Waals surface area contributed by atoms with E-state index >= 15 is 0 Å². The Balaban J connectivity index is 1.64. The van der Waals surface area contributed by atoms with Gasteiger partial charge in [0.2, 0.25) is 0 Å². The van der Waals surface area contributed by atoms with Crippen molar-refractivity contribution in [2.75, 3.05) is 0 Å². The van der Waals surface area contributed by atoms with Crippen LogP contribution >= 0.6 is 0 Å². The lowest BCUT2D eigenvalue weighted by molar-refractivity contribution is -0.221. The van der Waals surface area contributed by atoms with Gasteiger partial charge in [0, 0.05) is 29.6 Å². The van der Waals surface area contributed by atoms with Gasteiger partial charge in [0.05, 0.1) is 17.6 Å². The first-order valence-electron chi connectivity index (χ1n) is 17.2. The Kier molecular flexibility index (Phi) is 8.83. The highest BCUT2D eigenvalue weighted by Crippen LogP contribution is 2.73. The van der Waals surface area contributed by atoms with E-state index in [9.17, 15) is 29.7 Å². The van der Waals surface area contributed by atoms with E-state index in [0.717, 1.165) is 5.57 Å². The number of rotatable bonds is 7. The summed E-state index contributed by atoms with van der Waals surface area (Å²) in [7, 11) is 0. The van der Waals surface area contributed by atoms with Crippen molar-refractivity contribution in [3.63, 3.8) is 0 Å². The number of aliphatic hydroxyl groups is 3. The Bertz CT molecular complexity index is 1310. The standard InChI is InChI=1S/C37H56O9/c1-11-19(2)31(41)46-24-18-36(9)22(21-16-23(45-32(21)42)30(40)34(6,7)43)12-13-25(36)37(10)28(44-20(3)38)17-26-33(4,5)27(39)14-15-35(26,8)29(24)37/h13-15,19,21-24,26,28-30,32,40,42-43H,11-12,16-18H2,1-10H3/t19-,21+,22+,23-,24-,26+,28-,29-,30-,32+,35+,36+,37-/m1/s1. The zero-order chi connectivity index (χ0) is 34.4. The molecule has 0 spiro atoms. The van der Waals surface area contributed by atoms with Crippen molar-refractivity contribution in [1.29, 1.82) is 0 Å². The average Bonchev–Trinajstić information content (AvgIpc) is 3.49. The normalized spacial score (nSPS) is 44.4. The molecule has 1 saturated heterocycles. The molecule has 0 aromatic carbocycles. The molecule has 0 unspecified atom stereocenters. The third-order valence-corrected chi connectivity index (χ3v) is 13.2.